The third-order valence-electron chi connectivity index (χ3n) is 15.5. The molecule has 1 heterocycles. The number of ether oxygens (including phenoxy) is 6. The lowest BCUT2D eigenvalue weighted by Gasteiger charge is -2.59. The molecule has 0 aromatic carbocycles. The highest BCUT2D eigenvalue weighted by molar-refractivity contribution is 5.78. The predicted molar refractivity (Wildman–Crippen MR) is 219 cm³/mol. The standard InChI is InChI=1S/C21H34O5.C16H26O3.C10H16O4/c1-5-20(2,3)19(23)25-7-6-24-13-18(22)26-21(4)16-9-14-8-15(11-16)12-17(21)10-14;1-4-14(2,3)13(17)19-16-8-11-5-12(9-16)7-15(18,6-11)10-16;1-4-10(2,3)9(12)14-7-5-8(11)13-6-7/h14-17H,5-13H2,1-4H3;11-12,18H,4-10H2,1-3H3;7H,4-6H2,1-3H3. The minimum absolute atomic E-state index is 0.0728. The fraction of sp³-hybridized carbons (Fsp3) is 0.894. The molecule has 0 amide bonds. The van der Waals surface area contributed by atoms with Crippen LogP contribution in [0.2, 0.25) is 0 Å². The predicted octanol–water partition coefficient (Wildman–Crippen LogP) is 8.07. The molecule has 9 aliphatic rings. The van der Waals surface area contributed by atoms with Crippen LogP contribution in [0.5, 0.6) is 0 Å². The molecule has 8 saturated carbocycles. The summed E-state index contributed by atoms with van der Waals surface area (Å²) in [6, 6.07) is 0. The van der Waals surface area contributed by atoms with Gasteiger partial charge in [-0.15, -0.1) is 0 Å². The van der Waals surface area contributed by atoms with Crippen LogP contribution in [-0.2, 0) is 52.4 Å². The summed E-state index contributed by atoms with van der Waals surface area (Å²) in [6.07, 6.45) is 13.9. The molecule has 0 spiro atoms. The summed E-state index contributed by atoms with van der Waals surface area (Å²) < 4.78 is 32.4. The van der Waals surface area contributed by atoms with Crippen LogP contribution in [0, 0.1) is 51.8 Å². The molecule has 0 radical (unpaired) electrons. The van der Waals surface area contributed by atoms with Gasteiger partial charge in [0.25, 0.3) is 0 Å². The lowest BCUT2D eigenvalue weighted by atomic mass is 9.50. The van der Waals surface area contributed by atoms with Gasteiger partial charge in [-0.2, -0.15) is 0 Å². The van der Waals surface area contributed by atoms with E-state index in [1.807, 2.05) is 62.3 Å². The summed E-state index contributed by atoms with van der Waals surface area (Å²) in [6.45, 7) is 19.8. The fourth-order valence-corrected chi connectivity index (χ4v) is 11.0. The maximum absolute atomic E-state index is 12.4. The van der Waals surface area contributed by atoms with Gasteiger partial charge < -0.3 is 33.5 Å². The lowest BCUT2D eigenvalue weighted by molar-refractivity contribution is -0.225. The highest BCUT2D eigenvalue weighted by Gasteiger charge is 2.60. The zero-order valence-corrected chi connectivity index (χ0v) is 37.9. The van der Waals surface area contributed by atoms with Crippen molar-refractivity contribution in [3.8, 4) is 0 Å². The van der Waals surface area contributed by atoms with Crippen LogP contribution in [0.3, 0.4) is 0 Å². The molecular weight excluding hydrogens is 757 g/mol. The van der Waals surface area contributed by atoms with Gasteiger partial charge >= 0.3 is 29.8 Å². The van der Waals surface area contributed by atoms with Gasteiger partial charge in [0.1, 0.15) is 37.1 Å². The summed E-state index contributed by atoms with van der Waals surface area (Å²) in [5, 5.41) is 10.6. The quantitative estimate of drug-likeness (QED) is 0.102. The summed E-state index contributed by atoms with van der Waals surface area (Å²) in [5.41, 5.74) is -2.60. The van der Waals surface area contributed by atoms with Crippen LogP contribution in [0.15, 0.2) is 0 Å². The number of carbonyl (C=O) groups is 5. The Morgan fingerprint density at radius 3 is 1.69 bits per heavy atom. The first-order valence-electron chi connectivity index (χ1n) is 22.7. The minimum atomic E-state index is -0.555. The van der Waals surface area contributed by atoms with E-state index in [0.29, 0.717) is 36.5 Å². The van der Waals surface area contributed by atoms with Gasteiger partial charge in [-0.25, -0.2) is 4.79 Å². The molecule has 59 heavy (non-hydrogen) atoms. The second-order valence-electron chi connectivity index (χ2n) is 21.5. The Morgan fingerprint density at radius 1 is 0.695 bits per heavy atom. The van der Waals surface area contributed by atoms with E-state index in [-0.39, 0.29) is 80.0 Å². The van der Waals surface area contributed by atoms with Crippen molar-refractivity contribution >= 4 is 29.8 Å². The first-order chi connectivity index (χ1) is 27.5. The van der Waals surface area contributed by atoms with Crippen molar-refractivity contribution in [1.29, 1.82) is 0 Å². The zero-order chi connectivity index (χ0) is 43.6. The van der Waals surface area contributed by atoms with Gasteiger partial charge in [0.15, 0.2) is 0 Å². The molecule has 9 rings (SSSR count). The first-order valence-corrected chi connectivity index (χ1v) is 22.7. The van der Waals surface area contributed by atoms with Crippen molar-refractivity contribution in [2.24, 2.45) is 51.8 Å². The number of rotatable bonds is 14. The van der Waals surface area contributed by atoms with Crippen molar-refractivity contribution < 1.29 is 57.5 Å². The minimum Gasteiger partial charge on any atom is -0.463 e. The Morgan fingerprint density at radius 2 is 1.20 bits per heavy atom. The van der Waals surface area contributed by atoms with Crippen LogP contribution in [-0.4, -0.2) is 84.3 Å². The highest BCUT2D eigenvalue weighted by Crippen LogP contribution is 2.60. The third kappa shape index (κ3) is 11.4. The maximum atomic E-state index is 12.4. The molecule has 0 aromatic heterocycles. The van der Waals surface area contributed by atoms with Crippen molar-refractivity contribution in [2.45, 2.75) is 188 Å². The molecule has 3 atom stereocenters. The summed E-state index contributed by atoms with van der Waals surface area (Å²) in [7, 11) is 0. The number of esters is 5. The largest absolute Gasteiger partial charge is 0.463 e. The molecule has 1 saturated heterocycles. The maximum Gasteiger partial charge on any atom is 0.332 e. The van der Waals surface area contributed by atoms with Crippen molar-refractivity contribution in [3.05, 3.63) is 0 Å². The lowest BCUT2D eigenvalue weighted by Crippen LogP contribution is -2.61. The first kappa shape index (κ1) is 47.3. The van der Waals surface area contributed by atoms with Crippen LogP contribution in [0.4, 0.5) is 0 Å². The molecule has 1 N–H and O–H groups in total. The van der Waals surface area contributed by atoms with E-state index in [1.165, 1.54) is 38.5 Å². The van der Waals surface area contributed by atoms with Gasteiger partial charge in [-0.05, 0) is 167 Å². The second kappa shape index (κ2) is 18.3. The van der Waals surface area contributed by atoms with E-state index in [0.717, 1.165) is 50.4 Å². The Labute approximate surface area is 353 Å². The number of carbonyl (C=O) groups excluding carboxylic acids is 5. The molecule has 8 bridgehead atoms. The van der Waals surface area contributed by atoms with Crippen LogP contribution >= 0.6 is 0 Å². The van der Waals surface area contributed by atoms with Gasteiger partial charge in [-0.1, -0.05) is 20.8 Å². The number of hydrogen-bond donors (Lipinski definition) is 1. The van der Waals surface area contributed by atoms with Gasteiger partial charge in [-0.3, -0.25) is 19.2 Å². The van der Waals surface area contributed by atoms with Gasteiger partial charge in [0.2, 0.25) is 0 Å². The van der Waals surface area contributed by atoms with Crippen molar-refractivity contribution in [1.82, 2.24) is 0 Å². The molecule has 3 unspecified atom stereocenters. The van der Waals surface area contributed by atoms with Gasteiger partial charge in [0, 0.05) is 6.42 Å². The molecule has 12 heteroatoms. The fourth-order valence-electron chi connectivity index (χ4n) is 11.0. The number of cyclic esters (lactones) is 1. The van der Waals surface area contributed by atoms with Crippen LogP contribution in [0.1, 0.15) is 166 Å². The molecular formula is C47H76O12. The number of hydrogen-bond acceptors (Lipinski definition) is 12. The zero-order valence-electron chi connectivity index (χ0n) is 37.9. The van der Waals surface area contributed by atoms with E-state index in [1.54, 1.807) is 0 Å². The molecule has 0 aromatic rings. The molecule has 336 valence electrons. The molecule has 1 aliphatic heterocycles. The van der Waals surface area contributed by atoms with E-state index < -0.39 is 21.8 Å². The summed E-state index contributed by atoms with van der Waals surface area (Å²) in [4.78, 5) is 58.8. The Bertz CT molecular complexity index is 1490. The topological polar surface area (TPSA) is 161 Å². The molecule has 12 nitrogen and oxygen atoms in total. The highest BCUT2D eigenvalue weighted by atomic mass is 16.6. The van der Waals surface area contributed by atoms with E-state index in [2.05, 4.69) is 6.92 Å². The third-order valence-corrected chi connectivity index (χ3v) is 15.5. The SMILES string of the molecule is CCC(C)(C)C(=O)OC12CC3CC(CC(O)(C3)C1)C2.CCC(C)(C)C(=O)OC1COC(=O)C1.CCC(C)(C)C(=O)OCCOCC(=O)OC1(C)C2CC3CC(C2)CC1C3. The van der Waals surface area contributed by atoms with Crippen LogP contribution < -0.4 is 0 Å². The normalized spacial score (nSPS) is 35.1. The van der Waals surface area contributed by atoms with Gasteiger partial charge in [0.05, 0.1) is 34.9 Å². The second-order valence-corrected chi connectivity index (χ2v) is 21.5. The smallest absolute Gasteiger partial charge is 0.332 e. The number of aliphatic hydroxyl groups is 1. The monoisotopic (exact) mass is 833 g/mol. The molecule has 9 fully saturated rings. The van der Waals surface area contributed by atoms with Crippen molar-refractivity contribution in [3.63, 3.8) is 0 Å². The average Bonchev–Trinajstić information content (AvgIpc) is 3.56. The molecule has 8 aliphatic carbocycles. The Hall–Kier alpha value is -2.73. The average molecular weight is 833 g/mol. The summed E-state index contributed by atoms with van der Waals surface area (Å²) in [5.74, 6) is 2.69. The summed E-state index contributed by atoms with van der Waals surface area (Å²) >= 11 is 0. The van der Waals surface area contributed by atoms with E-state index in [9.17, 15) is 29.1 Å². The van der Waals surface area contributed by atoms with Crippen LogP contribution in [0.25, 0.3) is 0 Å². The van der Waals surface area contributed by atoms with Crippen molar-refractivity contribution in [2.75, 3.05) is 26.4 Å². The van der Waals surface area contributed by atoms with E-state index in [4.69, 9.17) is 28.4 Å². The Balaban J connectivity index is 0.000000177. The Kier molecular flexibility index (Phi) is 14.7. The van der Waals surface area contributed by atoms with E-state index >= 15 is 0 Å².